The fourth-order valence-corrected chi connectivity index (χ4v) is 2.55. The predicted molar refractivity (Wildman–Crippen MR) is 66.9 cm³/mol. The van der Waals surface area contributed by atoms with Crippen LogP contribution in [0, 0.1) is 5.92 Å². The second-order valence-electron chi connectivity index (χ2n) is 5.44. The zero-order chi connectivity index (χ0) is 11.3. The molecular weight excluding hydrogens is 184 g/mol. The Kier molecular flexibility index (Phi) is 5.62. The molecule has 0 radical (unpaired) electrons. The maximum Gasteiger partial charge on any atom is 0.0110 e. The zero-order valence-electron chi connectivity index (χ0n) is 10.7. The van der Waals surface area contributed by atoms with Crippen molar-refractivity contribution < 1.29 is 0 Å². The number of hydrogen-bond donors (Lipinski definition) is 1. The molecule has 2 atom stereocenters. The quantitative estimate of drug-likeness (QED) is 0.759. The molecule has 2 N–H and O–H groups in total. The molecule has 0 aromatic heterocycles. The van der Waals surface area contributed by atoms with E-state index in [1.165, 1.54) is 38.8 Å². The van der Waals surface area contributed by atoms with Gasteiger partial charge in [0.2, 0.25) is 0 Å². The summed E-state index contributed by atoms with van der Waals surface area (Å²) in [4.78, 5) is 2.67. The van der Waals surface area contributed by atoms with Crippen molar-refractivity contribution in [3.05, 3.63) is 0 Å². The molecule has 0 aromatic carbocycles. The molecule has 0 aliphatic carbocycles. The molecule has 0 amide bonds. The Hall–Kier alpha value is -0.0800. The number of piperidine rings is 1. The van der Waals surface area contributed by atoms with Crippen LogP contribution in [0.3, 0.4) is 0 Å². The summed E-state index contributed by atoms with van der Waals surface area (Å²) in [6.07, 6.45) is 6.45. The van der Waals surface area contributed by atoms with Gasteiger partial charge in [0, 0.05) is 18.6 Å². The first-order valence-corrected chi connectivity index (χ1v) is 6.63. The second kappa shape index (κ2) is 6.49. The van der Waals surface area contributed by atoms with Crippen molar-refractivity contribution >= 4 is 0 Å². The maximum atomic E-state index is 6.07. The fourth-order valence-electron chi connectivity index (χ4n) is 2.55. The Bertz CT molecular complexity index is 168. The van der Waals surface area contributed by atoms with Crippen molar-refractivity contribution in [2.45, 2.75) is 65.0 Å². The first-order valence-electron chi connectivity index (χ1n) is 6.63. The fraction of sp³-hybridized carbons (Fsp3) is 1.00. The van der Waals surface area contributed by atoms with Crippen molar-refractivity contribution in [3.63, 3.8) is 0 Å². The van der Waals surface area contributed by atoms with Crippen LogP contribution in [0.1, 0.15) is 52.9 Å². The molecule has 1 fully saturated rings. The van der Waals surface area contributed by atoms with E-state index in [4.69, 9.17) is 5.73 Å². The summed E-state index contributed by atoms with van der Waals surface area (Å²) in [5, 5.41) is 0. The van der Waals surface area contributed by atoms with Gasteiger partial charge in [-0.05, 0) is 38.1 Å². The van der Waals surface area contributed by atoms with Gasteiger partial charge in [0.05, 0.1) is 0 Å². The standard InChI is InChI=1S/C13H28N2/c1-4-12(14)9-13-7-5-6-8-15(13)10-11(2)3/h11-13H,4-10,14H2,1-3H3. The van der Waals surface area contributed by atoms with E-state index in [1.54, 1.807) is 0 Å². The van der Waals surface area contributed by atoms with Crippen molar-refractivity contribution in [1.29, 1.82) is 0 Å². The molecule has 15 heavy (non-hydrogen) atoms. The number of nitrogens with two attached hydrogens (primary N) is 1. The largest absolute Gasteiger partial charge is 0.328 e. The summed E-state index contributed by atoms with van der Waals surface area (Å²) in [5.41, 5.74) is 6.07. The third kappa shape index (κ3) is 4.52. The highest BCUT2D eigenvalue weighted by molar-refractivity contribution is 4.80. The van der Waals surface area contributed by atoms with E-state index in [0.29, 0.717) is 6.04 Å². The Morgan fingerprint density at radius 2 is 2.07 bits per heavy atom. The third-order valence-electron chi connectivity index (χ3n) is 3.45. The van der Waals surface area contributed by atoms with E-state index >= 15 is 0 Å². The summed E-state index contributed by atoms with van der Waals surface area (Å²) in [6.45, 7) is 9.36. The lowest BCUT2D eigenvalue weighted by Crippen LogP contribution is -2.44. The minimum Gasteiger partial charge on any atom is -0.328 e. The molecule has 2 unspecified atom stereocenters. The first-order chi connectivity index (χ1) is 7.13. The van der Waals surface area contributed by atoms with Gasteiger partial charge in [0.25, 0.3) is 0 Å². The molecule has 0 spiro atoms. The molecule has 1 heterocycles. The highest BCUT2D eigenvalue weighted by atomic mass is 15.2. The smallest absolute Gasteiger partial charge is 0.0110 e. The average Bonchev–Trinajstić information content (AvgIpc) is 2.20. The Morgan fingerprint density at radius 1 is 1.33 bits per heavy atom. The van der Waals surface area contributed by atoms with E-state index in [-0.39, 0.29) is 0 Å². The van der Waals surface area contributed by atoms with Crippen LogP contribution in [-0.2, 0) is 0 Å². The summed E-state index contributed by atoms with van der Waals surface area (Å²) in [6, 6.07) is 1.17. The minimum atomic E-state index is 0.405. The lowest BCUT2D eigenvalue weighted by molar-refractivity contribution is 0.119. The first kappa shape index (κ1) is 13.0. The number of likely N-dealkylation sites (tertiary alicyclic amines) is 1. The molecule has 0 bridgehead atoms. The van der Waals surface area contributed by atoms with Gasteiger partial charge >= 0.3 is 0 Å². The Morgan fingerprint density at radius 3 is 2.67 bits per heavy atom. The summed E-state index contributed by atoms with van der Waals surface area (Å²) in [7, 11) is 0. The SMILES string of the molecule is CCC(N)CC1CCCCN1CC(C)C. The average molecular weight is 212 g/mol. The number of hydrogen-bond acceptors (Lipinski definition) is 2. The molecule has 0 aromatic rings. The minimum absolute atomic E-state index is 0.405. The predicted octanol–water partition coefficient (Wildman–Crippen LogP) is 2.62. The van der Waals surface area contributed by atoms with Crippen LogP contribution < -0.4 is 5.73 Å². The van der Waals surface area contributed by atoms with Gasteiger partial charge in [0.1, 0.15) is 0 Å². The lowest BCUT2D eigenvalue weighted by Gasteiger charge is -2.38. The Balaban J connectivity index is 2.42. The number of nitrogens with zero attached hydrogens (tertiary/aromatic N) is 1. The third-order valence-corrected chi connectivity index (χ3v) is 3.45. The van der Waals surface area contributed by atoms with E-state index in [9.17, 15) is 0 Å². The molecule has 1 aliphatic rings. The van der Waals surface area contributed by atoms with E-state index in [0.717, 1.165) is 18.4 Å². The normalized spacial score (nSPS) is 25.8. The van der Waals surface area contributed by atoms with E-state index in [1.807, 2.05) is 0 Å². The number of rotatable bonds is 5. The van der Waals surface area contributed by atoms with Crippen LogP contribution in [0.2, 0.25) is 0 Å². The molecule has 1 rings (SSSR count). The van der Waals surface area contributed by atoms with Gasteiger partial charge in [-0.2, -0.15) is 0 Å². The molecule has 90 valence electrons. The molecule has 1 aliphatic heterocycles. The van der Waals surface area contributed by atoms with Crippen molar-refractivity contribution in [1.82, 2.24) is 4.90 Å². The Labute approximate surface area is 95.2 Å². The van der Waals surface area contributed by atoms with Gasteiger partial charge < -0.3 is 10.6 Å². The molecular formula is C13H28N2. The van der Waals surface area contributed by atoms with Crippen LogP contribution in [0.5, 0.6) is 0 Å². The van der Waals surface area contributed by atoms with Gasteiger partial charge in [-0.3, -0.25) is 0 Å². The van der Waals surface area contributed by atoms with Crippen LogP contribution in [-0.4, -0.2) is 30.1 Å². The highest BCUT2D eigenvalue weighted by Crippen LogP contribution is 2.22. The molecule has 0 saturated carbocycles. The molecule has 1 saturated heterocycles. The van der Waals surface area contributed by atoms with Crippen molar-refractivity contribution in [3.8, 4) is 0 Å². The maximum absolute atomic E-state index is 6.07. The van der Waals surface area contributed by atoms with Crippen molar-refractivity contribution in [2.24, 2.45) is 11.7 Å². The zero-order valence-corrected chi connectivity index (χ0v) is 10.7. The van der Waals surface area contributed by atoms with Crippen molar-refractivity contribution in [2.75, 3.05) is 13.1 Å². The highest BCUT2D eigenvalue weighted by Gasteiger charge is 2.23. The van der Waals surface area contributed by atoms with E-state index < -0.39 is 0 Å². The van der Waals surface area contributed by atoms with Gasteiger partial charge in [-0.15, -0.1) is 0 Å². The van der Waals surface area contributed by atoms with Crippen LogP contribution in [0.15, 0.2) is 0 Å². The lowest BCUT2D eigenvalue weighted by atomic mass is 9.94. The molecule has 2 nitrogen and oxygen atoms in total. The second-order valence-corrected chi connectivity index (χ2v) is 5.44. The topological polar surface area (TPSA) is 29.3 Å². The summed E-state index contributed by atoms with van der Waals surface area (Å²) in [5.74, 6) is 0.781. The van der Waals surface area contributed by atoms with Crippen LogP contribution in [0.25, 0.3) is 0 Å². The molecule has 2 heteroatoms. The van der Waals surface area contributed by atoms with Crippen LogP contribution >= 0.6 is 0 Å². The van der Waals surface area contributed by atoms with Gasteiger partial charge in [-0.25, -0.2) is 0 Å². The summed E-state index contributed by atoms with van der Waals surface area (Å²) < 4.78 is 0. The van der Waals surface area contributed by atoms with Gasteiger partial charge in [-0.1, -0.05) is 27.2 Å². The monoisotopic (exact) mass is 212 g/mol. The van der Waals surface area contributed by atoms with Gasteiger partial charge in [0.15, 0.2) is 0 Å². The van der Waals surface area contributed by atoms with Crippen LogP contribution in [0.4, 0.5) is 0 Å². The summed E-state index contributed by atoms with van der Waals surface area (Å²) >= 11 is 0. The van der Waals surface area contributed by atoms with E-state index in [2.05, 4.69) is 25.7 Å².